The normalized spacial score (nSPS) is 28.1. The van der Waals surface area contributed by atoms with Gasteiger partial charge in [0.15, 0.2) is 5.60 Å². The van der Waals surface area contributed by atoms with E-state index in [1.807, 2.05) is 11.8 Å². The summed E-state index contributed by atoms with van der Waals surface area (Å²) in [5.74, 6) is 1.03. The third kappa shape index (κ3) is 5.07. The summed E-state index contributed by atoms with van der Waals surface area (Å²) in [6.07, 6.45) is 3.58. The van der Waals surface area contributed by atoms with E-state index in [2.05, 4.69) is 55.6 Å². The zero-order valence-corrected chi connectivity index (χ0v) is 19.6. The van der Waals surface area contributed by atoms with Gasteiger partial charge in [0.2, 0.25) is 0 Å². The predicted octanol–water partition coefficient (Wildman–Crippen LogP) is 3.56. The van der Waals surface area contributed by atoms with Crippen LogP contribution < -0.4 is 5.32 Å². The first-order valence-electron chi connectivity index (χ1n) is 10.1. The van der Waals surface area contributed by atoms with Gasteiger partial charge in [-0.15, -0.1) is 0 Å². The van der Waals surface area contributed by atoms with Gasteiger partial charge in [0.05, 0.1) is 6.61 Å². The Labute approximate surface area is 177 Å². The van der Waals surface area contributed by atoms with Crippen molar-refractivity contribution in [1.29, 1.82) is 0 Å². The molecule has 27 heavy (non-hydrogen) atoms. The number of hydrogen-bond acceptors (Lipinski definition) is 4. The first-order chi connectivity index (χ1) is 12.7. The highest BCUT2D eigenvalue weighted by molar-refractivity contribution is 14.1. The number of carbonyl (C=O) groups excluding carboxylic acids is 1. The fourth-order valence-corrected chi connectivity index (χ4v) is 4.80. The Balaban J connectivity index is 2.20. The number of halogens is 1. The number of ether oxygens (including phenoxy) is 1. The van der Waals surface area contributed by atoms with Gasteiger partial charge in [0, 0.05) is 36.0 Å². The van der Waals surface area contributed by atoms with Crippen LogP contribution >= 0.6 is 22.6 Å². The molecule has 0 radical (unpaired) electrons. The van der Waals surface area contributed by atoms with Gasteiger partial charge in [-0.3, -0.25) is 4.79 Å². The fourth-order valence-electron chi connectivity index (χ4n) is 3.99. The van der Waals surface area contributed by atoms with Crippen LogP contribution in [0.3, 0.4) is 0 Å². The Morgan fingerprint density at radius 1 is 1.30 bits per heavy atom. The van der Waals surface area contributed by atoms with E-state index in [0.717, 1.165) is 38.0 Å². The highest BCUT2D eigenvalue weighted by Gasteiger charge is 2.46. The Morgan fingerprint density at radius 2 is 2.00 bits per heavy atom. The highest BCUT2D eigenvalue weighted by atomic mass is 127. The Bertz CT molecular complexity index is 627. The van der Waals surface area contributed by atoms with E-state index in [-0.39, 0.29) is 15.9 Å². The second kappa shape index (κ2) is 9.27. The zero-order valence-electron chi connectivity index (χ0n) is 17.5. The number of aliphatic hydroxyl groups excluding tert-OH is 1. The van der Waals surface area contributed by atoms with Crippen LogP contribution in [0.2, 0.25) is 0 Å². The molecule has 1 heterocycles. The molecule has 0 saturated carbocycles. The Hall–Kier alpha value is -0.600. The van der Waals surface area contributed by atoms with Gasteiger partial charge in [0.1, 0.15) is 5.76 Å². The van der Waals surface area contributed by atoms with E-state index < -0.39 is 5.60 Å². The molecule has 0 aromatic rings. The molecule has 5 nitrogen and oxygen atoms in total. The maximum absolute atomic E-state index is 13.4. The second-order valence-electron chi connectivity index (χ2n) is 8.19. The number of fused-ring (bicyclic) bond motifs is 1. The monoisotopic (exact) mass is 490 g/mol. The standard InChI is InChI=1S/C21H35IN2O3/c1-6-11-24(12-9-23-10-13-25)19(26)21(5)8-7-17-15(2)14-20(4,22)16(3)18(17)27-21/h23,25H,6-14H2,1-5H3. The molecule has 2 N–H and O–H groups in total. The molecule has 0 aromatic carbocycles. The van der Waals surface area contributed by atoms with Crippen LogP contribution in [0, 0.1) is 0 Å². The van der Waals surface area contributed by atoms with Crippen LogP contribution in [0.1, 0.15) is 60.3 Å². The molecule has 1 aliphatic heterocycles. The van der Waals surface area contributed by atoms with Crippen molar-refractivity contribution in [3.05, 3.63) is 22.5 Å². The van der Waals surface area contributed by atoms with E-state index >= 15 is 0 Å². The number of amides is 1. The largest absolute Gasteiger partial charge is 0.477 e. The van der Waals surface area contributed by atoms with E-state index in [0.29, 0.717) is 19.6 Å². The minimum absolute atomic E-state index is 0.0410. The Kier molecular flexibility index (Phi) is 7.78. The number of rotatable bonds is 8. The summed E-state index contributed by atoms with van der Waals surface area (Å²) in [5, 5.41) is 12.1. The Morgan fingerprint density at radius 3 is 2.63 bits per heavy atom. The van der Waals surface area contributed by atoms with Gasteiger partial charge in [-0.25, -0.2) is 0 Å². The predicted molar refractivity (Wildman–Crippen MR) is 118 cm³/mol. The lowest BCUT2D eigenvalue weighted by atomic mass is 9.79. The van der Waals surface area contributed by atoms with Crippen molar-refractivity contribution < 1.29 is 14.6 Å². The van der Waals surface area contributed by atoms with Crippen molar-refractivity contribution in [1.82, 2.24) is 10.2 Å². The first-order valence-corrected chi connectivity index (χ1v) is 11.1. The second-order valence-corrected chi connectivity index (χ2v) is 10.6. The summed E-state index contributed by atoms with van der Waals surface area (Å²) < 4.78 is 6.52. The molecule has 1 fully saturated rings. The number of nitrogens with zero attached hydrogens (tertiary/aromatic N) is 1. The minimum Gasteiger partial charge on any atom is -0.477 e. The van der Waals surface area contributed by atoms with Crippen molar-refractivity contribution in [3.8, 4) is 0 Å². The number of nitrogens with one attached hydrogen (secondary N) is 1. The van der Waals surface area contributed by atoms with Gasteiger partial charge in [-0.05, 0) is 58.1 Å². The molecule has 1 amide bonds. The average Bonchev–Trinajstić information content (AvgIpc) is 2.61. The molecule has 1 saturated heterocycles. The van der Waals surface area contributed by atoms with Crippen molar-refractivity contribution in [2.24, 2.45) is 0 Å². The summed E-state index contributed by atoms with van der Waals surface area (Å²) in [6.45, 7) is 13.3. The highest BCUT2D eigenvalue weighted by Crippen LogP contribution is 2.48. The van der Waals surface area contributed by atoms with Gasteiger partial charge in [0.25, 0.3) is 5.91 Å². The summed E-state index contributed by atoms with van der Waals surface area (Å²) >= 11 is 2.51. The van der Waals surface area contributed by atoms with E-state index in [1.54, 1.807) is 0 Å². The molecule has 2 aliphatic rings. The summed E-state index contributed by atoms with van der Waals surface area (Å²) in [5.41, 5.74) is 3.13. The van der Waals surface area contributed by atoms with Crippen LogP contribution in [0.4, 0.5) is 0 Å². The average molecular weight is 490 g/mol. The molecule has 0 spiro atoms. The maximum Gasteiger partial charge on any atom is 0.266 e. The molecule has 154 valence electrons. The van der Waals surface area contributed by atoms with Crippen LogP contribution in [0.15, 0.2) is 22.5 Å². The smallest absolute Gasteiger partial charge is 0.266 e. The van der Waals surface area contributed by atoms with Gasteiger partial charge in [-0.1, -0.05) is 35.1 Å². The van der Waals surface area contributed by atoms with Crippen molar-refractivity contribution in [2.75, 3.05) is 32.8 Å². The molecule has 0 aromatic heterocycles. The lowest BCUT2D eigenvalue weighted by Crippen LogP contribution is -2.52. The molecule has 0 bridgehead atoms. The summed E-state index contributed by atoms with van der Waals surface area (Å²) in [4.78, 5) is 15.3. The van der Waals surface area contributed by atoms with Crippen molar-refractivity contribution in [3.63, 3.8) is 0 Å². The molecule has 2 unspecified atom stereocenters. The minimum atomic E-state index is -0.809. The number of aliphatic hydroxyl groups is 1. The number of alkyl halides is 1. The van der Waals surface area contributed by atoms with Gasteiger partial charge < -0.3 is 20.1 Å². The number of allylic oxidation sites excluding steroid dienone is 3. The molecule has 1 aliphatic carbocycles. The van der Waals surface area contributed by atoms with Crippen molar-refractivity contribution >= 4 is 28.5 Å². The van der Waals surface area contributed by atoms with Crippen LogP contribution in [0.5, 0.6) is 0 Å². The third-order valence-corrected chi connectivity index (χ3v) is 6.96. The van der Waals surface area contributed by atoms with E-state index in [4.69, 9.17) is 9.84 Å². The number of carbonyl (C=O) groups is 1. The zero-order chi connectivity index (χ0) is 20.2. The van der Waals surface area contributed by atoms with E-state index in [1.165, 1.54) is 16.7 Å². The summed E-state index contributed by atoms with van der Waals surface area (Å²) in [6, 6.07) is 0. The lowest BCUT2D eigenvalue weighted by molar-refractivity contribution is -0.154. The van der Waals surface area contributed by atoms with Crippen LogP contribution in [-0.2, 0) is 9.53 Å². The fraction of sp³-hybridized carbons (Fsp3) is 0.762. The van der Waals surface area contributed by atoms with Crippen LogP contribution in [0.25, 0.3) is 0 Å². The van der Waals surface area contributed by atoms with Gasteiger partial charge >= 0.3 is 0 Å². The molecule has 6 heteroatoms. The van der Waals surface area contributed by atoms with Gasteiger partial charge in [-0.2, -0.15) is 0 Å². The van der Waals surface area contributed by atoms with Crippen LogP contribution in [-0.4, -0.2) is 57.7 Å². The SMILES string of the molecule is CCCN(CCNCCO)C(=O)C1(C)CCC2=C(C)CC(C)(I)C(C)=C2O1. The maximum atomic E-state index is 13.4. The molecular weight excluding hydrogens is 455 g/mol. The molecule has 2 rings (SSSR count). The molecule has 2 atom stereocenters. The lowest BCUT2D eigenvalue weighted by Gasteiger charge is -2.44. The molecular formula is C21H35IN2O3. The summed E-state index contributed by atoms with van der Waals surface area (Å²) in [7, 11) is 0. The van der Waals surface area contributed by atoms with Crippen molar-refractivity contribution in [2.45, 2.75) is 69.3 Å². The third-order valence-electron chi connectivity index (χ3n) is 5.77. The number of hydrogen-bond donors (Lipinski definition) is 2. The van der Waals surface area contributed by atoms with E-state index in [9.17, 15) is 4.79 Å². The quantitative estimate of drug-likeness (QED) is 0.310. The first kappa shape index (κ1) is 22.7. The topological polar surface area (TPSA) is 61.8 Å².